The zero-order valence-electron chi connectivity index (χ0n) is 10.1. The molecule has 3 nitrogen and oxygen atoms in total. The van der Waals surface area contributed by atoms with Crippen molar-refractivity contribution in [2.24, 2.45) is 5.73 Å². The zero-order valence-corrected chi connectivity index (χ0v) is 10.1. The van der Waals surface area contributed by atoms with E-state index in [4.69, 9.17) is 15.2 Å². The predicted octanol–water partition coefficient (Wildman–Crippen LogP) is 2.84. The Balaban J connectivity index is 2.57. The summed E-state index contributed by atoms with van der Waals surface area (Å²) >= 11 is 0. The second-order valence-corrected chi connectivity index (χ2v) is 4.04. The van der Waals surface area contributed by atoms with Crippen molar-refractivity contribution in [2.45, 2.75) is 13.0 Å². The van der Waals surface area contributed by atoms with Crippen LogP contribution in [0.15, 0.2) is 36.4 Å². The van der Waals surface area contributed by atoms with Crippen LogP contribution in [0.1, 0.15) is 18.5 Å². The Morgan fingerprint density at radius 1 is 1.18 bits per heavy atom. The van der Waals surface area contributed by atoms with E-state index in [2.05, 4.69) is 12.1 Å². The Morgan fingerprint density at radius 2 is 1.94 bits per heavy atom. The van der Waals surface area contributed by atoms with Gasteiger partial charge in [-0.15, -0.1) is 0 Å². The van der Waals surface area contributed by atoms with E-state index in [0.29, 0.717) is 0 Å². The summed E-state index contributed by atoms with van der Waals surface area (Å²) in [5.74, 6) is 0.819. The molecule has 2 aromatic carbocycles. The highest BCUT2D eigenvalue weighted by Crippen LogP contribution is 2.32. The third-order valence-corrected chi connectivity index (χ3v) is 2.72. The molecule has 0 aliphatic rings. The maximum absolute atomic E-state index is 5.96. The maximum atomic E-state index is 5.96. The van der Waals surface area contributed by atoms with E-state index in [1.54, 1.807) is 7.11 Å². The van der Waals surface area contributed by atoms with E-state index < -0.39 is 0 Å². The van der Waals surface area contributed by atoms with Crippen LogP contribution in [-0.2, 0) is 4.74 Å². The van der Waals surface area contributed by atoms with Crippen molar-refractivity contribution in [1.82, 2.24) is 0 Å². The second-order valence-electron chi connectivity index (χ2n) is 4.04. The Hall–Kier alpha value is -1.58. The summed E-state index contributed by atoms with van der Waals surface area (Å²) in [7, 11) is 1.61. The normalized spacial score (nSPS) is 12.6. The summed E-state index contributed by atoms with van der Waals surface area (Å²) < 4.78 is 10.6. The van der Waals surface area contributed by atoms with Crippen LogP contribution in [-0.4, -0.2) is 13.9 Å². The highest BCUT2D eigenvalue weighted by Gasteiger charge is 2.11. The number of nitrogens with two attached hydrogens (primary N) is 1. The van der Waals surface area contributed by atoms with Gasteiger partial charge in [0.05, 0.1) is 0 Å². The number of benzene rings is 2. The molecule has 1 atom stereocenters. The van der Waals surface area contributed by atoms with Crippen LogP contribution in [0, 0.1) is 0 Å². The van der Waals surface area contributed by atoms with Gasteiger partial charge in [0.2, 0.25) is 0 Å². The largest absolute Gasteiger partial charge is 0.467 e. The molecule has 2 rings (SSSR count). The lowest BCUT2D eigenvalue weighted by Crippen LogP contribution is -2.09. The molecular weight excluding hydrogens is 214 g/mol. The molecule has 0 unspecified atom stereocenters. The number of rotatable bonds is 4. The Morgan fingerprint density at radius 3 is 2.65 bits per heavy atom. The van der Waals surface area contributed by atoms with Crippen LogP contribution < -0.4 is 10.5 Å². The lowest BCUT2D eigenvalue weighted by atomic mass is 10.0. The van der Waals surface area contributed by atoms with E-state index >= 15 is 0 Å². The second kappa shape index (κ2) is 5.17. The average Bonchev–Trinajstić information content (AvgIpc) is 2.35. The lowest BCUT2D eigenvalue weighted by molar-refractivity contribution is 0.0514. The number of hydrogen-bond donors (Lipinski definition) is 1. The van der Waals surface area contributed by atoms with Gasteiger partial charge >= 0.3 is 0 Å². The van der Waals surface area contributed by atoms with E-state index in [-0.39, 0.29) is 12.8 Å². The molecule has 3 heteroatoms. The summed E-state index contributed by atoms with van der Waals surface area (Å²) in [6, 6.07) is 12.1. The van der Waals surface area contributed by atoms with Gasteiger partial charge in [-0.25, -0.2) is 0 Å². The predicted molar refractivity (Wildman–Crippen MR) is 69.1 cm³/mol. The summed E-state index contributed by atoms with van der Waals surface area (Å²) in [5.41, 5.74) is 6.96. The number of methoxy groups -OCH3 is 1. The average molecular weight is 231 g/mol. The molecule has 0 saturated heterocycles. The maximum Gasteiger partial charge on any atom is 0.188 e. The van der Waals surface area contributed by atoms with Crippen molar-refractivity contribution in [3.8, 4) is 5.75 Å². The molecule has 0 aliphatic carbocycles. The van der Waals surface area contributed by atoms with Gasteiger partial charge in [0.15, 0.2) is 6.79 Å². The Labute approximate surface area is 101 Å². The molecule has 0 bridgehead atoms. The van der Waals surface area contributed by atoms with Gasteiger partial charge in [-0.2, -0.15) is 0 Å². The minimum Gasteiger partial charge on any atom is -0.467 e. The number of ether oxygens (including phenoxy) is 2. The first-order valence-corrected chi connectivity index (χ1v) is 5.63. The summed E-state index contributed by atoms with van der Waals surface area (Å²) in [4.78, 5) is 0. The summed E-state index contributed by atoms with van der Waals surface area (Å²) in [6.45, 7) is 2.18. The van der Waals surface area contributed by atoms with Crippen molar-refractivity contribution < 1.29 is 9.47 Å². The van der Waals surface area contributed by atoms with Gasteiger partial charge in [0.25, 0.3) is 0 Å². The van der Waals surface area contributed by atoms with E-state index in [1.165, 1.54) is 0 Å². The molecule has 0 fully saturated rings. The van der Waals surface area contributed by atoms with Crippen molar-refractivity contribution in [1.29, 1.82) is 0 Å². The van der Waals surface area contributed by atoms with Crippen LogP contribution in [0.25, 0.3) is 10.8 Å². The van der Waals surface area contributed by atoms with E-state index in [9.17, 15) is 0 Å². The fraction of sp³-hybridized carbons (Fsp3) is 0.286. The minimum absolute atomic E-state index is 0.0635. The molecule has 90 valence electrons. The molecule has 0 heterocycles. The highest BCUT2D eigenvalue weighted by molar-refractivity contribution is 5.89. The molecule has 0 radical (unpaired) electrons. The summed E-state index contributed by atoms with van der Waals surface area (Å²) in [6.07, 6.45) is 0. The quantitative estimate of drug-likeness (QED) is 0.823. The first-order chi connectivity index (χ1) is 8.24. The topological polar surface area (TPSA) is 44.5 Å². The van der Waals surface area contributed by atoms with Crippen molar-refractivity contribution >= 4 is 10.8 Å². The van der Waals surface area contributed by atoms with E-state index in [1.807, 2.05) is 31.2 Å². The van der Waals surface area contributed by atoms with Gasteiger partial charge in [-0.05, 0) is 12.3 Å². The van der Waals surface area contributed by atoms with Crippen molar-refractivity contribution in [3.05, 3.63) is 42.0 Å². The van der Waals surface area contributed by atoms with Crippen molar-refractivity contribution in [3.63, 3.8) is 0 Å². The van der Waals surface area contributed by atoms with Gasteiger partial charge in [0.1, 0.15) is 5.75 Å². The molecule has 0 aromatic heterocycles. The smallest absolute Gasteiger partial charge is 0.188 e. The van der Waals surface area contributed by atoms with Crippen LogP contribution in [0.5, 0.6) is 5.75 Å². The lowest BCUT2D eigenvalue weighted by Gasteiger charge is -2.16. The first-order valence-electron chi connectivity index (χ1n) is 5.63. The van der Waals surface area contributed by atoms with Crippen LogP contribution in [0.4, 0.5) is 0 Å². The third kappa shape index (κ3) is 2.40. The number of hydrogen-bond acceptors (Lipinski definition) is 3. The van der Waals surface area contributed by atoms with Crippen LogP contribution in [0.2, 0.25) is 0 Å². The van der Waals surface area contributed by atoms with Gasteiger partial charge < -0.3 is 15.2 Å². The molecule has 17 heavy (non-hydrogen) atoms. The fourth-order valence-corrected chi connectivity index (χ4v) is 1.90. The Bertz CT molecular complexity index is 509. The van der Waals surface area contributed by atoms with E-state index in [0.717, 1.165) is 22.1 Å². The molecule has 2 aromatic rings. The molecule has 0 aliphatic heterocycles. The zero-order chi connectivity index (χ0) is 12.3. The molecule has 0 amide bonds. The molecule has 0 saturated carbocycles. The standard InChI is InChI=1S/C14H17NO2/c1-10(15)12-8-7-11-5-3-4-6-13(11)14(12)17-9-16-2/h3-8,10H,9,15H2,1-2H3/t10-/m1/s1. The summed E-state index contributed by atoms with van der Waals surface area (Å²) in [5, 5.41) is 2.21. The fourth-order valence-electron chi connectivity index (χ4n) is 1.90. The molecule has 0 spiro atoms. The SMILES string of the molecule is COCOc1c([C@@H](C)N)ccc2ccccc12. The minimum atomic E-state index is -0.0635. The van der Waals surface area contributed by atoms with Gasteiger partial charge in [-0.1, -0.05) is 36.4 Å². The van der Waals surface area contributed by atoms with Crippen LogP contribution >= 0.6 is 0 Å². The first kappa shape index (κ1) is 11.9. The Kier molecular flexibility index (Phi) is 3.61. The van der Waals surface area contributed by atoms with Gasteiger partial charge in [-0.3, -0.25) is 0 Å². The monoisotopic (exact) mass is 231 g/mol. The van der Waals surface area contributed by atoms with Crippen molar-refractivity contribution in [2.75, 3.05) is 13.9 Å². The third-order valence-electron chi connectivity index (χ3n) is 2.72. The molecule has 2 N–H and O–H groups in total. The van der Waals surface area contributed by atoms with Crippen LogP contribution in [0.3, 0.4) is 0 Å². The highest BCUT2D eigenvalue weighted by atomic mass is 16.7. The number of fused-ring (bicyclic) bond motifs is 1. The van der Waals surface area contributed by atoms with Gasteiger partial charge in [0, 0.05) is 24.1 Å². The molecular formula is C14H17NO2.